The second kappa shape index (κ2) is 7.82. The van der Waals surface area contributed by atoms with Crippen LogP contribution in [0.15, 0.2) is 59.3 Å². The molecule has 1 N–H and O–H groups in total. The molecule has 166 valence electrons. The highest BCUT2D eigenvalue weighted by Crippen LogP contribution is 2.48. The SMILES string of the molecule is CN1/C(=C2/SC(=S)N(C(C(=O)O)c3ccccc3)C2=O)N(C)c2cc(C(F)(F)F)ccc21. The van der Waals surface area contributed by atoms with E-state index in [4.69, 9.17) is 12.2 Å². The maximum Gasteiger partial charge on any atom is 0.416 e. The molecule has 2 aromatic rings. The number of carboxylic acids is 1. The normalized spacial score (nSPS) is 19.6. The number of hydrogen-bond acceptors (Lipinski definition) is 6. The van der Waals surface area contributed by atoms with E-state index < -0.39 is 29.7 Å². The molecule has 0 aliphatic carbocycles. The molecule has 0 spiro atoms. The highest BCUT2D eigenvalue weighted by molar-refractivity contribution is 8.26. The number of fused-ring (bicyclic) bond motifs is 1. The molecule has 1 unspecified atom stereocenters. The van der Waals surface area contributed by atoms with Crippen molar-refractivity contribution in [3.8, 4) is 0 Å². The van der Waals surface area contributed by atoms with Gasteiger partial charge in [-0.3, -0.25) is 9.69 Å². The Balaban J connectivity index is 1.77. The Morgan fingerprint density at radius 3 is 2.28 bits per heavy atom. The number of carbonyl (C=O) groups excluding carboxylic acids is 1. The Bertz CT molecular complexity index is 1170. The Morgan fingerprint density at radius 1 is 1.06 bits per heavy atom. The van der Waals surface area contributed by atoms with E-state index in [0.29, 0.717) is 17.1 Å². The highest BCUT2D eigenvalue weighted by Gasteiger charge is 2.45. The Kier molecular flexibility index (Phi) is 5.41. The molecular weight excluding hydrogens is 463 g/mol. The van der Waals surface area contributed by atoms with Crippen LogP contribution in [0.5, 0.6) is 0 Å². The van der Waals surface area contributed by atoms with Crippen LogP contribution < -0.4 is 9.80 Å². The summed E-state index contributed by atoms with van der Waals surface area (Å²) in [4.78, 5) is 29.6. The van der Waals surface area contributed by atoms with Crippen LogP contribution in [0.3, 0.4) is 0 Å². The first kappa shape index (κ1) is 22.2. The zero-order valence-corrected chi connectivity index (χ0v) is 18.4. The number of benzene rings is 2. The van der Waals surface area contributed by atoms with Gasteiger partial charge in [-0.25, -0.2) is 4.79 Å². The van der Waals surface area contributed by atoms with Gasteiger partial charge in [-0.05, 0) is 23.8 Å². The summed E-state index contributed by atoms with van der Waals surface area (Å²) in [7, 11) is 3.18. The largest absolute Gasteiger partial charge is 0.479 e. The number of carbonyl (C=O) groups is 2. The lowest BCUT2D eigenvalue weighted by Crippen LogP contribution is -2.38. The third-order valence-corrected chi connectivity index (χ3v) is 6.65. The fraction of sp³-hybridized carbons (Fsp3) is 0.190. The average molecular weight is 480 g/mol. The van der Waals surface area contributed by atoms with Crippen LogP contribution in [0.4, 0.5) is 24.5 Å². The number of carboxylic acid groups (broad SMARTS) is 1. The van der Waals surface area contributed by atoms with Crippen molar-refractivity contribution in [3.05, 3.63) is 70.4 Å². The van der Waals surface area contributed by atoms with Gasteiger partial charge < -0.3 is 14.9 Å². The summed E-state index contributed by atoms with van der Waals surface area (Å²) >= 11 is 6.27. The molecule has 2 aromatic carbocycles. The Morgan fingerprint density at radius 2 is 1.69 bits per heavy atom. The van der Waals surface area contributed by atoms with Crippen molar-refractivity contribution in [3.63, 3.8) is 0 Å². The van der Waals surface area contributed by atoms with Crippen molar-refractivity contribution in [2.75, 3.05) is 23.9 Å². The zero-order valence-electron chi connectivity index (χ0n) is 16.8. The van der Waals surface area contributed by atoms with Crippen LogP contribution in [-0.4, -0.2) is 40.3 Å². The van der Waals surface area contributed by atoms with E-state index in [1.165, 1.54) is 11.0 Å². The van der Waals surface area contributed by atoms with E-state index in [1.807, 2.05) is 0 Å². The third-order valence-electron chi connectivity index (χ3n) is 5.27. The van der Waals surface area contributed by atoms with Gasteiger partial charge in [0.1, 0.15) is 15.0 Å². The smallest absolute Gasteiger partial charge is 0.416 e. The van der Waals surface area contributed by atoms with Crippen molar-refractivity contribution in [2.24, 2.45) is 0 Å². The van der Waals surface area contributed by atoms with E-state index in [-0.39, 0.29) is 14.9 Å². The minimum Gasteiger partial charge on any atom is -0.479 e. The molecular formula is C21H16F3N3O3S2. The van der Waals surface area contributed by atoms with Gasteiger partial charge in [-0.15, -0.1) is 0 Å². The van der Waals surface area contributed by atoms with E-state index in [2.05, 4.69) is 0 Å². The number of hydrogen-bond donors (Lipinski definition) is 1. The molecule has 0 bridgehead atoms. The summed E-state index contributed by atoms with van der Waals surface area (Å²) in [6.07, 6.45) is -4.51. The summed E-state index contributed by atoms with van der Waals surface area (Å²) < 4.78 is 39.6. The molecule has 2 aliphatic rings. The number of amides is 1. The lowest BCUT2D eigenvalue weighted by atomic mass is 10.1. The summed E-state index contributed by atoms with van der Waals surface area (Å²) in [5, 5.41) is 9.82. The van der Waals surface area contributed by atoms with Crippen LogP contribution in [-0.2, 0) is 15.8 Å². The van der Waals surface area contributed by atoms with Crippen molar-refractivity contribution >= 4 is 51.6 Å². The molecule has 1 saturated heterocycles. The first-order valence-electron chi connectivity index (χ1n) is 9.28. The van der Waals surface area contributed by atoms with Crippen LogP contribution in [0.25, 0.3) is 0 Å². The van der Waals surface area contributed by atoms with Crippen LogP contribution in [0.2, 0.25) is 0 Å². The van der Waals surface area contributed by atoms with Crippen molar-refractivity contribution in [1.29, 1.82) is 0 Å². The molecule has 1 fully saturated rings. The highest BCUT2D eigenvalue weighted by atomic mass is 32.2. The summed E-state index contributed by atoms with van der Waals surface area (Å²) in [5.74, 6) is -1.53. The van der Waals surface area contributed by atoms with Crippen LogP contribution in [0, 0.1) is 0 Å². The molecule has 1 amide bonds. The first-order chi connectivity index (χ1) is 15.0. The fourth-order valence-corrected chi connectivity index (χ4v) is 5.23. The number of nitrogens with zero attached hydrogens (tertiary/aromatic N) is 3. The Labute approximate surface area is 190 Å². The molecule has 0 aromatic heterocycles. The monoisotopic (exact) mass is 479 g/mol. The minimum absolute atomic E-state index is 0.0579. The van der Waals surface area contributed by atoms with Gasteiger partial charge in [0, 0.05) is 14.1 Å². The number of rotatable bonds is 3. The van der Waals surface area contributed by atoms with Gasteiger partial charge in [0.2, 0.25) is 0 Å². The standard InChI is InChI=1S/C21H16F3N3O3S2/c1-25-13-9-8-12(21(22,23)24)10-14(13)26(2)17(25)16-18(28)27(20(31)32-16)15(19(29)30)11-6-4-3-5-7-11/h3-10,15H,1-2H3,(H,29,30)/b17-16-. The van der Waals surface area contributed by atoms with Crippen molar-refractivity contribution < 1.29 is 27.9 Å². The van der Waals surface area contributed by atoms with E-state index in [0.717, 1.165) is 28.8 Å². The second-order valence-electron chi connectivity index (χ2n) is 7.17. The Hall–Kier alpha value is -3.05. The van der Waals surface area contributed by atoms with Crippen LogP contribution >= 0.6 is 24.0 Å². The van der Waals surface area contributed by atoms with Gasteiger partial charge in [-0.1, -0.05) is 54.3 Å². The molecule has 4 rings (SSSR count). The summed E-state index contributed by atoms with van der Waals surface area (Å²) in [6.45, 7) is 0. The molecule has 0 radical (unpaired) electrons. The fourth-order valence-electron chi connectivity index (χ4n) is 3.78. The average Bonchev–Trinajstić information content (AvgIpc) is 3.15. The number of thiocarbonyl (C=S) groups is 1. The number of alkyl halides is 3. The quantitative estimate of drug-likeness (QED) is 0.516. The summed E-state index contributed by atoms with van der Waals surface area (Å²) in [5.41, 5.74) is 0.341. The van der Waals surface area contributed by atoms with Gasteiger partial charge in [-0.2, -0.15) is 13.2 Å². The number of thioether (sulfide) groups is 1. The molecule has 32 heavy (non-hydrogen) atoms. The molecule has 1 atom stereocenters. The van der Waals surface area contributed by atoms with E-state index in [1.54, 1.807) is 49.3 Å². The number of halogens is 3. The number of anilines is 2. The molecule has 0 saturated carbocycles. The van der Waals surface area contributed by atoms with Crippen molar-refractivity contribution in [2.45, 2.75) is 12.2 Å². The van der Waals surface area contributed by atoms with Gasteiger partial charge in [0.05, 0.1) is 16.9 Å². The molecule has 2 aliphatic heterocycles. The predicted octanol–water partition coefficient (Wildman–Crippen LogP) is 4.45. The van der Waals surface area contributed by atoms with Gasteiger partial charge in [0.25, 0.3) is 5.91 Å². The van der Waals surface area contributed by atoms with E-state index in [9.17, 15) is 27.9 Å². The van der Waals surface area contributed by atoms with Gasteiger partial charge >= 0.3 is 12.1 Å². The molecule has 11 heteroatoms. The predicted molar refractivity (Wildman–Crippen MR) is 119 cm³/mol. The lowest BCUT2D eigenvalue weighted by molar-refractivity contribution is -0.145. The van der Waals surface area contributed by atoms with E-state index >= 15 is 0 Å². The molecule has 6 nitrogen and oxygen atoms in total. The minimum atomic E-state index is -4.51. The second-order valence-corrected chi connectivity index (χ2v) is 8.81. The lowest BCUT2D eigenvalue weighted by Gasteiger charge is -2.24. The maximum atomic E-state index is 13.4. The van der Waals surface area contributed by atoms with Gasteiger partial charge in [0.15, 0.2) is 6.04 Å². The third kappa shape index (κ3) is 3.51. The molecule has 2 heterocycles. The van der Waals surface area contributed by atoms with Crippen LogP contribution in [0.1, 0.15) is 17.2 Å². The van der Waals surface area contributed by atoms with Crippen molar-refractivity contribution in [1.82, 2.24) is 4.90 Å². The maximum absolute atomic E-state index is 13.4. The first-order valence-corrected chi connectivity index (χ1v) is 10.5. The topological polar surface area (TPSA) is 64.1 Å². The number of aliphatic carboxylic acids is 1. The summed E-state index contributed by atoms with van der Waals surface area (Å²) in [6, 6.07) is 10.2. The zero-order chi connectivity index (χ0) is 23.4.